The Balaban J connectivity index is 0.000000222. The van der Waals surface area contributed by atoms with Gasteiger partial charge in [-0.05, 0) is 13.5 Å². The highest BCUT2D eigenvalue weighted by atomic mass is 16.5. The number of hydrogen-bond donors (Lipinski definition) is 1. The molecule has 0 spiro atoms. The van der Waals surface area contributed by atoms with E-state index >= 15 is 0 Å². The van der Waals surface area contributed by atoms with Gasteiger partial charge in [0.05, 0.1) is 13.2 Å². The molecule has 2 heteroatoms. The molecule has 0 aliphatic carbocycles. The third kappa shape index (κ3) is 3.84. The molecular weight excluding hydrogens is 102 g/mol. The van der Waals surface area contributed by atoms with Gasteiger partial charge in [0, 0.05) is 0 Å². The molecule has 1 aliphatic rings. The van der Waals surface area contributed by atoms with Crippen molar-refractivity contribution < 1.29 is 4.74 Å². The van der Waals surface area contributed by atoms with Gasteiger partial charge in [0.25, 0.3) is 0 Å². The fourth-order valence-electron chi connectivity index (χ4n) is 0.489. The highest BCUT2D eigenvalue weighted by Gasteiger charge is 1.85. The smallest absolute Gasteiger partial charge is 0.0647 e. The number of ether oxygens (including phenoxy) is 1. The summed E-state index contributed by atoms with van der Waals surface area (Å²) in [6.45, 7) is 1.73. The zero-order chi connectivity index (χ0) is 6.24. The first-order valence-corrected chi connectivity index (χ1v) is 2.80. The molecule has 0 saturated carbocycles. The van der Waals surface area contributed by atoms with E-state index in [-0.39, 0.29) is 0 Å². The molecule has 0 bridgehead atoms. The van der Waals surface area contributed by atoms with Crippen LogP contribution in [0, 0.1) is 0 Å². The molecule has 0 unspecified atom stereocenters. The van der Waals surface area contributed by atoms with Crippen LogP contribution in [0.1, 0.15) is 6.42 Å². The van der Waals surface area contributed by atoms with Crippen LogP contribution < -0.4 is 5.73 Å². The van der Waals surface area contributed by atoms with Crippen molar-refractivity contribution in [3.05, 3.63) is 12.2 Å². The lowest BCUT2D eigenvalue weighted by Gasteiger charge is -2.00. The van der Waals surface area contributed by atoms with Gasteiger partial charge in [-0.1, -0.05) is 12.2 Å². The van der Waals surface area contributed by atoms with E-state index in [0.29, 0.717) is 0 Å². The first-order valence-electron chi connectivity index (χ1n) is 2.80. The number of nitrogens with two attached hydrogens (primary N) is 1. The van der Waals surface area contributed by atoms with Gasteiger partial charge < -0.3 is 10.5 Å². The molecule has 0 atom stereocenters. The first kappa shape index (κ1) is 7.66. The van der Waals surface area contributed by atoms with Gasteiger partial charge in [0.15, 0.2) is 0 Å². The standard InChI is InChI=1S/C5H8O.CH5N/c1-2-4-6-5-3-1;1-2/h1-2H,3-5H2;2H2,1H3. The van der Waals surface area contributed by atoms with Gasteiger partial charge in [-0.15, -0.1) is 0 Å². The van der Waals surface area contributed by atoms with Crippen molar-refractivity contribution in [2.45, 2.75) is 6.42 Å². The summed E-state index contributed by atoms with van der Waals surface area (Å²) in [5.74, 6) is 0. The minimum absolute atomic E-state index is 0.819. The van der Waals surface area contributed by atoms with E-state index in [1.165, 1.54) is 7.05 Å². The van der Waals surface area contributed by atoms with E-state index in [1.807, 2.05) is 6.08 Å². The second-order valence-corrected chi connectivity index (χ2v) is 1.33. The fourth-order valence-corrected chi connectivity index (χ4v) is 0.489. The van der Waals surface area contributed by atoms with Crippen LogP contribution in [0.25, 0.3) is 0 Å². The summed E-state index contributed by atoms with van der Waals surface area (Å²) >= 11 is 0. The molecule has 8 heavy (non-hydrogen) atoms. The van der Waals surface area contributed by atoms with Gasteiger partial charge in [0.2, 0.25) is 0 Å². The molecule has 0 aromatic heterocycles. The van der Waals surface area contributed by atoms with Crippen LogP contribution in [0.15, 0.2) is 12.2 Å². The summed E-state index contributed by atoms with van der Waals surface area (Å²) < 4.78 is 4.98. The Morgan fingerprint density at radius 1 is 1.38 bits per heavy atom. The lowest BCUT2D eigenvalue weighted by Crippen LogP contribution is -1.96. The lowest BCUT2D eigenvalue weighted by atomic mass is 10.3. The Labute approximate surface area is 50.3 Å². The van der Waals surface area contributed by atoms with Crippen molar-refractivity contribution in [2.24, 2.45) is 5.73 Å². The van der Waals surface area contributed by atoms with E-state index < -0.39 is 0 Å². The van der Waals surface area contributed by atoms with Crippen molar-refractivity contribution >= 4 is 0 Å². The third-order valence-electron chi connectivity index (χ3n) is 0.810. The van der Waals surface area contributed by atoms with Crippen LogP contribution in [0.5, 0.6) is 0 Å². The van der Waals surface area contributed by atoms with E-state index in [9.17, 15) is 0 Å². The van der Waals surface area contributed by atoms with Gasteiger partial charge in [-0.2, -0.15) is 0 Å². The van der Waals surface area contributed by atoms with Gasteiger partial charge in [-0.3, -0.25) is 0 Å². The van der Waals surface area contributed by atoms with Gasteiger partial charge >= 0.3 is 0 Å². The molecule has 0 fully saturated rings. The van der Waals surface area contributed by atoms with Crippen molar-refractivity contribution in [2.75, 3.05) is 20.3 Å². The summed E-state index contributed by atoms with van der Waals surface area (Å²) in [5.41, 5.74) is 4.50. The Hall–Kier alpha value is -0.340. The number of hydrogen-bond acceptors (Lipinski definition) is 2. The zero-order valence-corrected chi connectivity index (χ0v) is 5.26. The van der Waals surface area contributed by atoms with E-state index in [0.717, 1.165) is 19.6 Å². The van der Waals surface area contributed by atoms with Crippen LogP contribution >= 0.6 is 0 Å². The fraction of sp³-hybridized carbons (Fsp3) is 0.667. The van der Waals surface area contributed by atoms with Crippen molar-refractivity contribution in [3.8, 4) is 0 Å². The largest absolute Gasteiger partial charge is 0.377 e. The van der Waals surface area contributed by atoms with Crippen molar-refractivity contribution in [3.63, 3.8) is 0 Å². The van der Waals surface area contributed by atoms with Crippen molar-refractivity contribution in [1.29, 1.82) is 0 Å². The number of rotatable bonds is 0. The second kappa shape index (κ2) is 6.66. The SMILES string of the molecule is C1=CCOCC1.CN. The average molecular weight is 115 g/mol. The molecule has 2 nitrogen and oxygen atoms in total. The highest BCUT2D eigenvalue weighted by Crippen LogP contribution is 1.91. The Morgan fingerprint density at radius 2 is 2.12 bits per heavy atom. The van der Waals surface area contributed by atoms with Gasteiger partial charge in [0.1, 0.15) is 0 Å². The molecule has 1 aliphatic heterocycles. The summed E-state index contributed by atoms with van der Waals surface area (Å²) in [4.78, 5) is 0. The van der Waals surface area contributed by atoms with Crippen LogP contribution in [-0.4, -0.2) is 20.3 Å². The highest BCUT2D eigenvalue weighted by molar-refractivity contribution is 4.84. The predicted molar refractivity (Wildman–Crippen MR) is 34.7 cm³/mol. The predicted octanol–water partition coefficient (Wildman–Crippen LogP) is 0.538. The molecule has 1 heterocycles. The molecule has 0 aromatic rings. The molecule has 0 aromatic carbocycles. The zero-order valence-electron chi connectivity index (χ0n) is 5.26. The Bertz CT molecular complexity index is 53.5. The minimum atomic E-state index is 0.819. The molecular formula is C6H13NO. The lowest BCUT2D eigenvalue weighted by molar-refractivity contribution is 0.158. The van der Waals surface area contributed by atoms with Crippen LogP contribution in [-0.2, 0) is 4.74 Å². The third-order valence-corrected chi connectivity index (χ3v) is 0.810. The second-order valence-electron chi connectivity index (χ2n) is 1.33. The topological polar surface area (TPSA) is 35.2 Å². The van der Waals surface area contributed by atoms with E-state index in [2.05, 4.69) is 11.8 Å². The van der Waals surface area contributed by atoms with Crippen molar-refractivity contribution in [1.82, 2.24) is 0 Å². The maximum absolute atomic E-state index is 4.98. The van der Waals surface area contributed by atoms with Gasteiger partial charge in [-0.25, -0.2) is 0 Å². The summed E-state index contributed by atoms with van der Waals surface area (Å²) in [5, 5.41) is 0. The quantitative estimate of drug-likeness (QED) is 0.467. The van der Waals surface area contributed by atoms with Crippen LogP contribution in [0.4, 0.5) is 0 Å². The molecule has 0 amide bonds. The summed E-state index contributed by atoms with van der Waals surface area (Å²) in [7, 11) is 1.50. The molecule has 2 N–H and O–H groups in total. The summed E-state index contributed by atoms with van der Waals surface area (Å²) in [6, 6.07) is 0. The maximum Gasteiger partial charge on any atom is 0.0647 e. The molecule has 0 radical (unpaired) electrons. The van der Waals surface area contributed by atoms with E-state index in [4.69, 9.17) is 4.74 Å². The van der Waals surface area contributed by atoms with E-state index in [1.54, 1.807) is 0 Å². The minimum Gasteiger partial charge on any atom is -0.377 e. The molecule has 1 rings (SSSR count). The molecule has 0 saturated heterocycles. The van der Waals surface area contributed by atoms with Crippen LogP contribution in [0.3, 0.4) is 0 Å². The normalized spacial score (nSPS) is 16.8. The Morgan fingerprint density at radius 3 is 2.25 bits per heavy atom. The summed E-state index contributed by atoms with van der Waals surface area (Å²) in [6.07, 6.45) is 5.28. The maximum atomic E-state index is 4.98. The molecule has 48 valence electrons. The first-order chi connectivity index (χ1) is 4.00. The van der Waals surface area contributed by atoms with Crippen LogP contribution in [0.2, 0.25) is 0 Å². The monoisotopic (exact) mass is 115 g/mol. The Kier molecular flexibility index (Phi) is 6.38. The average Bonchev–Trinajstić information content (AvgIpc) is 1.96.